The molecule has 1 aliphatic rings. The summed E-state index contributed by atoms with van der Waals surface area (Å²) in [4.78, 5) is 35.6. The van der Waals surface area contributed by atoms with Gasteiger partial charge < -0.3 is 20.1 Å². The number of amides is 2. The number of nitrogens with one attached hydrogen (secondary N) is 1. The quantitative estimate of drug-likeness (QED) is 0.827. The van der Waals surface area contributed by atoms with Crippen molar-refractivity contribution in [2.45, 2.75) is 6.42 Å². The average molecular weight is 292 g/mol. The van der Waals surface area contributed by atoms with E-state index in [-0.39, 0.29) is 24.0 Å². The number of benzene rings is 1. The second-order valence-electron chi connectivity index (χ2n) is 4.84. The Morgan fingerprint density at radius 3 is 2.76 bits per heavy atom. The number of carboxylic acids is 1. The molecule has 1 unspecified atom stereocenters. The van der Waals surface area contributed by atoms with Crippen molar-refractivity contribution in [3.8, 4) is 5.75 Å². The third-order valence-electron chi connectivity index (χ3n) is 3.21. The van der Waals surface area contributed by atoms with Crippen LogP contribution in [0.4, 0.5) is 5.69 Å². The predicted octanol–water partition coefficient (Wildman–Crippen LogP) is 0.567. The van der Waals surface area contributed by atoms with E-state index in [9.17, 15) is 14.4 Å². The van der Waals surface area contributed by atoms with Crippen LogP contribution in [0, 0.1) is 5.92 Å². The fourth-order valence-electron chi connectivity index (χ4n) is 2.11. The van der Waals surface area contributed by atoms with Crippen LogP contribution in [-0.2, 0) is 14.4 Å². The Hall–Kier alpha value is -2.57. The highest BCUT2D eigenvalue weighted by molar-refractivity contribution is 5.98. The van der Waals surface area contributed by atoms with Crippen molar-refractivity contribution in [1.82, 2.24) is 4.90 Å². The summed E-state index contributed by atoms with van der Waals surface area (Å²) < 4.78 is 5.11. The second-order valence-corrected chi connectivity index (χ2v) is 4.84. The van der Waals surface area contributed by atoms with Gasteiger partial charge in [-0.25, -0.2) is 4.79 Å². The molecule has 1 aliphatic heterocycles. The molecule has 0 aromatic heterocycles. The number of carboxylic acid groups (broad SMARTS) is 1. The topological polar surface area (TPSA) is 95.9 Å². The van der Waals surface area contributed by atoms with Crippen LogP contribution in [0.25, 0.3) is 0 Å². The monoisotopic (exact) mass is 292 g/mol. The summed E-state index contributed by atoms with van der Waals surface area (Å²) in [6.07, 6.45) is 0.181. The van der Waals surface area contributed by atoms with E-state index in [0.717, 1.165) is 0 Å². The maximum absolute atomic E-state index is 12.1. The lowest BCUT2D eigenvalue weighted by Gasteiger charge is -2.14. The lowest BCUT2D eigenvalue weighted by Crippen LogP contribution is -2.26. The molecular weight excluding hydrogens is 276 g/mol. The van der Waals surface area contributed by atoms with E-state index in [4.69, 9.17) is 9.84 Å². The Bertz CT molecular complexity index is 572. The van der Waals surface area contributed by atoms with Crippen molar-refractivity contribution in [3.05, 3.63) is 24.3 Å². The van der Waals surface area contributed by atoms with E-state index in [0.29, 0.717) is 12.2 Å². The van der Waals surface area contributed by atoms with Gasteiger partial charge in [-0.05, 0) is 12.1 Å². The third kappa shape index (κ3) is 3.71. The number of aliphatic carboxylic acids is 1. The summed E-state index contributed by atoms with van der Waals surface area (Å²) in [6, 6.07) is 6.58. The maximum atomic E-state index is 12.1. The molecule has 1 aromatic rings. The third-order valence-corrected chi connectivity index (χ3v) is 3.21. The lowest BCUT2D eigenvalue weighted by molar-refractivity contribution is -0.139. The summed E-state index contributed by atoms with van der Waals surface area (Å²) in [7, 11) is 1.65. The van der Waals surface area contributed by atoms with Crippen LogP contribution in [-0.4, -0.2) is 48.0 Å². The first-order valence-electron chi connectivity index (χ1n) is 6.46. The van der Waals surface area contributed by atoms with Gasteiger partial charge in [0.15, 0.2) is 6.61 Å². The van der Waals surface area contributed by atoms with Crippen LogP contribution < -0.4 is 10.1 Å². The zero-order chi connectivity index (χ0) is 15.4. The number of nitrogens with zero attached hydrogens (tertiary/aromatic N) is 1. The normalized spacial score (nSPS) is 17.7. The molecule has 1 fully saturated rings. The number of hydrogen-bond acceptors (Lipinski definition) is 4. The first-order chi connectivity index (χ1) is 9.97. The van der Waals surface area contributed by atoms with E-state index >= 15 is 0 Å². The molecule has 1 saturated heterocycles. The number of anilines is 1. The first-order valence-corrected chi connectivity index (χ1v) is 6.46. The number of likely N-dealkylation sites (tertiary alicyclic amines) is 1. The molecule has 1 aromatic carbocycles. The number of para-hydroxylation sites is 2. The Kier molecular flexibility index (Phi) is 4.42. The molecule has 1 heterocycles. The highest BCUT2D eigenvalue weighted by Crippen LogP contribution is 2.25. The van der Waals surface area contributed by atoms with Crippen molar-refractivity contribution in [2.24, 2.45) is 5.92 Å². The van der Waals surface area contributed by atoms with Gasteiger partial charge in [0.05, 0.1) is 11.6 Å². The van der Waals surface area contributed by atoms with Crippen LogP contribution in [0.15, 0.2) is 24.3 Å². The Morgan fingerprint density at radius 2 is 2.14 bits per heavy atom. The molecule has 2 rings (SSSR count). The van der Waals surface area contributed by atoms with Gasteiger partial charge in [-0.2, -0.15) is 0 Å². The van der Waals surface area contributed by atoms with Gasteiger partial charge in [0.1, 0.15) is 5.75 Å². The van der Waals surface area contributed by atoms with E-state index in [1.165, 1.54) is 4.90 Å². The first kappa shape index (κ1) is 14.8. The standard InChI is InChI=1S/C14H16N2O5/c1-16-7-9(6-12(16)17)14(20)15-10-4-2-3-5-11(10)21-8-13(18)19/h2-5,9H,6-8H2,1H3,(H,15,20)(H,18,19). The van der Waals surface area contributed by atoms with Gasteiger partial charge in [-0.3, -0.25) is 9.59 Å². The van der Waals surface area contributed by atoms with Crippen molar-refractivity contribution in [1.29, 1.82) is 0 Å². The minimum atomic E-state index is -1.10. The number of carbonyl (C=O) groups is 3. The molecule has 0 aliphatic carbocycles. The van der Waals surface area contributed by atoms with Gasteiger partial charge in [-0.15, -0.1) is 0 Å². The number of ether oxygens (including phenoxy) is 1. The Balaban J connectivity index is 2.04. The molecule has 1 atom stereocenters. The summed E-state index contributed by atoms with van der Waals surface area (Å²) in [6.45, 7) is -0.111. The summed E-state index contributed by atoms with van der Waals surface area (Å²) in [5, 5.41) is 11.3. The highest BCUT2D eigenvalue weighted by Gasteiger charge is 2.32. The fraction of sp³-hybridized carbons (Fsp3) is 0.357. The van der Waals surface area contributed by atoms with Gasteiger partial charge in [0, 0.05) is 20.0 Å². The van der Waals surface area contributed by atoms with E-state index in [1.807, 2.05) is 0 Å². The van der Waals surface area contributed by atoms with Gasteiger partial charge in [0.2, 0.25) is 11.8 Å². The smallest absolute Gasteiger partial charge is 0.341 e. The molecule has 2 amide bonds. The largest absolute Gasteiger partial charge is 0.480 e. The van der Waals surface area contributed by atoms with Gasteiger partial charge in [0.25, 0.3) is 0 Å². The van der Waals surface area contributed by atoms with Crippen LogP contribution in [0.3, 0.4) is 0 Å². The Morgan fingerprint density at radius 1 is 1.43 bits per heavy atom. The zero-order valence-electron chi connectivity index (χ0n) is 11.5. The number of carbonyl (C=O) groups excluding carboxylic acids is 2. The zero-order valence-corrected chi connectivity index (χ0v) is 11.5. The van der Waals surface area contributed by atoms with Crippen LogP contribution in [0.5, 0.6) is 5.75 Å². The number of rotatable bonds is 5. The molecule has 2 N–H and O–H groups in total. The SMILES string of the molecule is CN1CC(C(=O)Nc2ccccc2OCC(=O)O)CC1=O. The van der Waals surface area contributed by atoms with Crippen LogP contribution in [0.1, 0.15) is 6.42 Å². The van der Waals surface area contributed by atoms with Gasteiger partial charge in [-0.1, -0.05) is 12.1 Å². The number of hydrogen-bond donors (Lipinski definition) is 2. The average Bonchev–Trinajstić information content (AvgIpc) is 2.78. The second kappa shape index (κ2) is 6.25. The van der Waals surface area contributed by atoms with Crippen LogP contribution >= 0.6 is 0 Å². The van der Waals surface area contributed by atoms with E-state index in [2.05, 4.69) is 5.32 Å². The summed E-state index contributed by atoms with van der Waals surface area (Å²) in [5.74, 6) is -1.57. The molecule has 21 heavy (non-hydrogen) atoms. The minimum absolute atomic E-state index is 0.0643. The predicted molar refractivity (Wildman–Crippen MR) is 73.9 cm³/mol. The lowest BCUT2D eigenvalue weighted by atomic mass is 10.1. The summed E-state index contributed by atoms with van der Waals surface area (Å²) >= 11 is 0. The van der Waals surface area contributed by atoms with Gasteiger partial charge >= 0.3 is 5.97 Å². The minimum Gasteiger partial charge on any atom is -0.480 e. The molecule has 112 valence electrons. The van der Waals surface area contributed by atoms with Crippen LogP contribution in [0.2, 0.25) is 0 Å². The van der Waals surface area contributed by atoms with E-state index in [1.54, 1.807) is 31.3 Å². The molecule has 7 heteroatoms. The molecule has 0 saturated carbocycles. The molecular formula is C14H16N2O5. The highest BCUT2D eigenvalue weighted by atomic mass is 16.5. The van der Waals surface area contributed by atoms with Crippen molar-refractivity contribution in [3.63, 3.8) is 0 Å². The molecule has 0 radical (unpaired) electrons. The molecule has 0 spiro atoms. The van der Waals surface area contributed by atoms with Crippen molar-refractivity contribution < 1.29 is 24.2 Å². The molecule has 0 bridgehead atoms. The van der Waals surface area contributed by atoms with Crippen molar-refractivity contribution in [2.75, 3.05) is 25.5 Å². The van der Waals surface area contributed by atoms with E-state index < -0.39 is 18.5 Å². The summed E-state index contributed by atoms with van der Waals surface area (Å²) in [5.41, 5.74) is 0.394. The molecule has 7 nitrogen and oxygen atoms in total. The Labute approximate surface area is 121 Å². The fourth-order valence-corrected chi connectivity index (χ4v) is 2.11. The van der Waals surface area contributed by atoms with Crippen molar-refractivity contribution >= 4 is 23.5 Å². The maximum Gasteiger partial charge on any atom is 0.341 e.